The Morgan fingerprint density at radius 2 is 1.79 bits per heavy atom. The lowest BCUT2D eigenvalue weighted by Gasteiger charge is -2.56. The second-order valence-corrected chi connectivity index (χ2v) is 13.2. The van der Waals surface area contributed by atoms with Gasteiger partial charge >= 0.3 is 5.97 Å². The van der Waals surface area contributed by atoms with E-state index in [1.54, 1.807) is 17.3 Å². The number of nitrogens with one attached hydrogen (secondary N) is 1. The Balaban J connectivity index is 0.943. The standard InChI is InChI=1S/C36H40N4O3/c1-42-35(41)31-11-10-26(20-33(31)43-28-19-25-12-15-37-34(25)38-23-28)39-17-13-36(14-18-39)21-27(22-36)40-16-4-7-32(40)30-6-3-2-5-29(30)24-8-9-24/h2-3,5-6,10-12,15,19-20,23-24,27,32H,4,7-9,13-14,16-18,21-22H2,1H3,(H,37,38)/t32-/m0/s1. The van der Waals surface area contributed by atoms with Crippen LogP contribution in [0.4, 0.5) is 5.69 Å². The van der Waals surface area contributed by atoms with Gasteiger partial charge in [0.2, 0.25) is 0 Å². The van der Waals surface area contributed by atoms with Crippen molar-refractivity contribution in [3.05, 3.63) is 83.7 Å². The minimum absolute atomic E-state index is 0.407. The molecule has 2 aliphatic carbocycles. The van der Waals surface area contributed by atoms with Crippen LogP contribution in [0, 0.1) is 5.41 Å². The fourth-order valence-corrected chi connectivity index (χ4v) is 8.14. The van der Waals surface area contributed by atoms with Gasteiger partial charge in [0.25, 0.3) is 0 Å². The Hall–Kier alpha value is -3.84. The first-order chi connectivity index (χ1) is 21.1. The van der Waals surface area contributed by atoms with Crippen LogP contribution in [0.5, 0.6) is 11.5 Å². The number of carbonyl (C=O) groups is 1. The van der Waals surface area contributed by atoms with E-state index in [-0.39, 0.29) is 0 Å². The summed E-state index contributed by atoms with van der Waals surface area (Å²) in [6.07, 6.45) is 14.0. The molecule has 4 aliphatic rings. The monoisotopic (exact) mass is 576 g/mol. The molecule has 4 heterocycles. The van der Waals surface area contributed by atoms with Gasteiger partial charge in [-0.1, -0.05) is 24.3 Å². The van der Waals surface area contributed by atoms with Gasteiger partial charge in [0.15, 0.2) is 0 Å². The maximum absolute atomic E-state index is 12.6. The van der Waals surface area contributed by atoms with Gasteiger partial charge in [-0.3, -0.25) is 4.90 Å². The molecule has 2 saturated heterocycles. The molecular formula is C36H40N4O3. The predicted molar refractivity (Wildman–Crippen MR) is 168 cm³/mol. The summed E-state index contributed by atoms with van der Waals surface area (Å²) >= 11 is 0. The average Bonchev–Trinajstić information content (AvgIpc) is 3.57. The molecule has 0 bridgehead atoms. The summed E-state index contributed by atoms with van der Waals surface area (Å²) in [7, 11) is 1.40. The van der Waals surface area contributed by atoms with Crippen LogP contribution in [0.1, 0.15) is 84.8 Å². The Morgan fingerprint density at radius 3 is 2.58 bits per heavy atom. The molecule has 2 saturated carbocycles. The summed E-state index contributed by atoms with van der Waals surface area (Å²) in [5.41, 5.74) is 6.02. The van der Waals surface area contributed by atoms with E-state index < -0.39 is 5.97 Å². The van der Waals surface area contributed by atoms with Crippen LogP contribution in [0.15, 0.2) is 67.0 Å². The van der Waals surface area contributed by atoms with E-state index >= 15 is 0 Å². The lowest BCUT2D eigenvalue weighted by atomic mass is 9.59. The highest BCUT2D eigenvalue weighted by atomic mass is 16.5. The summed E-state index contributed by atoms with van der Waals surface area (Å²) in [5, 5.41) is 0.959. The van der Waals surface area contributed by atoms with Crippen LogP contribution in [-0.2, 0) is 4.74 Å². The van der Waals surface area contributed by atoms with E-state index in [0.717, 1.165) is 41.8 Å². The van der Waals surface area contributed by atoms with E-state index in [9.17, 15) is 4.79 Å². The molecule has 0 radical (unpaired) electrons. The first-order valence-corrected chi connectivity index (χ1v) is 16.0. The molecule has 1 atom stereocenters. The number of anilines is 1. The number of H-pyrrole nitrogens is 1. The van der Waals surface area contributed by atoms with Crippen molar-refractivity contribution in [1.82, 2.24) is 14.9 Å². The summed E-state index contributed by atoms with van der Waals surface area (Å²) in [6.45, 7) is 3.29. The lowest BCUT2D eigenvalue weighted by molar-refractivity contribution is -0.0227. The van der Waals surface area contributed by atoms with Crippen LogP contribution in [0.25, 0.3) is 11.0 Å². The van der Waals surface area contributed by atoms with Crippen molar-refractivity contribution in [2.75, 3.05) is 31.6 Å². The predicted octanol–water partition coefficient (Wildman–Crippen LogP) is 7.61. The van der Waals surface area contributed by atoms with Crippen LogP contribution >= 0.6 is 0 Å². The van der Waals surface area contributed by atoms with Gasteiger partial charge in [-0.25, -0.2) is 9.78 Å². The fourth-order valence-electron chi connectivity index (χ4n) is 8.14. The zero-order chi connectivity index (χ0) is 29.0. The Morgan fingerprint density at radius 1 is 0.977 bits per heavy atom. The number of likely N-dealkylation sites (tertiary alicyclic amines) is 1. The number of aromatic nitrogens is 2. The van der Waals surface area contributed by atoms with Crippen molar-refractivity contribution in [3.8, 4) is 11.5 Å². The molecule has 4 fully saturated rings. The molecule has 7 nitrogen and oxygen atoms in total. The molecule has 1 N–H and O–H groups in total. The molecule has 2 aromatic heterocycles. The van der Waals surface area contributed by atoms with Gasteiger partial charge in [0, 0.05) is 48.5 Å². The first-order valence-electron chi connectivity index (χ1n) is 16.0. The smallest absolute Gasteiger partial charge is 0.341 e. The second-order valence-electron chi connectivity index (χ2n) is 13.2. The maximum atomic E-state index is 12.6. The topological polar surface area (TPSA) is 70.7 Å². The number of hydrogen-bond donors (Lipinski definition) is 1. The number of pyridine rings is 1. The van der Waals surface area contributed by atoms with E-state index in [4.69, 9.17) is 9.47 Å². The molecule has 0 unspecified atom stereocenters. The van der Waals surface area contributed by atoms with Crippen molar-refractivity contribution in [2.24, 2.45) is 5.41 Å². The Labute approximate surface area is 253 Å². The van der Waals surface area contributed by atoms with Crippen molar-refractivity contribution < 1.29 is 14.3 Å². The summed E-state index contributed by atoms with van der Waals surface area (Å²) < 4.78 is 11.3. The molecule has 2 aromatic carbocycles. The van der Waals surface area contributed by atoms with Crippen molar-refractivity contribution in [2.45, 2.75) is 69.4 Å². The average molecular weight is 577 g/mol. The highest BCUT2D eigenvalue weighted by Crippen LogP contribution is 2.55. The normalized spacial score (nSPS) is 22.2. The third-order valence-electron chi connectivity index (χ3n) is 10.6. The number of piperidine rings is 1. The molecule has 1 spiro atoms. The summed E-state index contributed by atoms with van der Waals surface area (Å²) in [4.78, 5) is 25.4. The van der Waals surface area contributed by atoms with E-state index in [2.05, 4.69) is 44.0 Å². The van der Waals surface area contributed by atoms with E-state index in [1.165, 1.54) is 65.0 Å². The van der Waals surface area contributed by atoms with Crippen molar-refractivity contribution >= 4 is 22.7 Å². The van der Waals surface area contributed by atoms with Crippen molar-refractivity contribution in [1.29, 1.82) is 0 Å². The molecule has 222 valence electrons. The van der Waals surface area contributed by atoms with Gasteiger partial charge in [-0.05, 0) is 105 Å². The zero-order valence-electron chi connectivity index (χ0n) is 24.9. The molecule has 4 aromatic rings. The number of nitrogens with zero attached hydrogens (tertiary/aromatic N) is 3. The highest BCUT2D eigenvalue weighted by Gasteiger charge is 2.50. The van der Waals surface area contributed by atoms with Gasteiger partial charge in [-0.2, -0.15) is 0 Å². The number of carbonyl (C=O) groups excluding carboxylic acids is 1. The number of benzene rings is 2. The van der Waals surface area contributed by atoms with Crippen LogP contribution in [0.3, 0.4) is 0 Å². The molecular weight excluding hydrogens is 536 g/mol. The third-order valence-corrected chi connectivity index (χ3v) is 10.6. The molecule has 0 amide bonds. The number of hydrogen-bond acceptors (Lipinski definition) is 6. The molecule has 43 heavy (non-hydrogen) atoms. The van der Waals surface area contributed by atoms with Gasteiger partial charge in [0.05, 0.1) is 13.3 Å². The van der Waals surface area contributed by atoms with Gasteiger partial charge < -0.3 is 19.4 Å². The van der Waals surface area contributed by atoms with E-state index in [0.29, 0.717) is 28.5 Å². The van der Waals surface area contributed by atoms with Gasteiger partial charge in [-0.15, -0.1) is 0 Å². The molecule has 2 aliphatic heterocycles. The largest absolute Gasteiger partial charge is 0.465 e. The quantitative estimate of drug-likeness (QED) is 0.228. The highest BCUT2D eigenvalue weighted by molar-refractivity contribution is 5.93. The number of methoxy groups -OCH3 is 1. The van der Waals surface area contributed by atoms with Gasteiger partial charge in [0.1, 0.15) is 22.7 Å². The fraction of sp³-hybridized carbons (Fsp3) is 0.444. The second kappa shape index (κ2) is 10.7. The van der Waals surface area contributed by atoms with Crippen LogP contribution in [0.2, 0.25) is 0 Å². The zero-order valence-corrected chi connectivity index (χ0v) is 24.9. The first kappa shape index (κ1) is 26.8. The van der Waals surface area contributed by atoms with Crippen LogP contribution < -0.4 is 9.64 Å². The van der Waals surface area contributed by atoms with Crippen molar-refractivity contribution in [3.63, 3.8) is 0 Å². The number of ether oxygens (including phenoxy) is 2. The summed E-state index contributed by atoms with van der Waals surface area (Å²) in [6, 6.07) is 20.4. The Bertz CT molecular complexity index is 1640. The number of aromatic amines is 1. The molecule has 8 rings (SSSR count). The lowest BCUT2D eigenvalue weighted by Crippen LogP contribution is -2.54. The maximum Gasteiger partial charge on any atom is 0.341 e. The van der Waals surface area contributed by atoms with Crippen LogP contribution in [-0.4, -0.2) is 53.6 Å². The summed E-state index contributed by atoms with van der Waals surface area (Å²) in [5.74, 6) is 1.49. The Kier molecular flexibility index (Phi) is 6.66. The minimum Gasteiger partial charge on any atom is -0.465 e. The third kappa shape index (κ3) is 4.97. The minimum atomic E-state index is -0.407. The number of esters is 1. The molecule has 7 heteroatoms. The number of rotatable bonds is 7. The number of fused-ring (bicyclic) bond motifs is 1. The van der Waals surface area contributed by atoms with E-state index in [1.807, 2.05) is 36.5 Å². The SMILES string of the molecule is COC(=O)c1ccc(N2CCC3(CC2)CC(N2CCC[C@H]2c2ccccc2C2CC2)C3)cc1Oc1cnc2[nH]ccc2c1.